The fraction of sp³-hybridized carbons (Fsp3) is 0.462. The maximum atomic E-state index is 10.5. The van der Waals surface area contributed by atoms with E-state index in [-0.39, 0.29) is 12.6 Å². The first-order chi connectivity index (χ1) is 8.25. The minimum absolute atomic E-state index is 0.0489. The number of rotatable bonds is 4. The molecule has 0 radical (unpaired) electrons. The van der Waals surface area contributed by atoms with Crippen molar-refractivity contribution in [1.29, 1.82) is 0 Å². The highest BCUT2D eigenvalue weighted by Crippen LogP contribution is 2.19. The van der Waals surface area contributed by atoms with Crippen molar-refractivity contribution >= 4 is 11.7 Å². The zero-order chi connectivity index (χ0) is 12.1. The van der Waals surface area contributed by atoms with Crippen molar-refractivity contribution in [3.05, 3.63) is 30.3 Å². The zero-order valence-corrected chi connectivity index (χ0v) is 9.80. The maximum Gasteiger partial charge on any atom is 0.317 e. The number of para-hydroxylation sites is 1. The summed E-state index contributed by atoms with van der Waals surface area (Å²) in [6.45, 7) is 1.99. The predicted octanol–water partition coefficient (Wildman–Crippen LogP) is 1.33. The summed E-state index contributed by atoms with van der Waals surface area (Å²) in [5.41, 5.74) is 1.22. The first-order valence-corrected chi connectivity index (χ1v) is 6.01. The lowest BCUT2D eigenvalue weighted by Crippen LogP contribution is -2.47. The van der Waals surface area contributed by atoms with Crippen LogP contribution in [-0.2, 0) is 4.79 Å². The molecular formula is C13H18N2O2. The van der Waals surface area contributed by atoms with Gasteiger partial charge in [0.2, 0.25) is 0 Å². The van der Waals surface area contributed by atoms with Gasteiger partial charge in [0, 0.05) is 24.8 Å². The fourth-order valence-corrected chi connectivity index (χ4v) is 2.25. The molecule has 92 valence electrons. The van der Waals surface area contributed by atoms with Crippen molar-refractivity contribution < 1.29 is 9.90 Å². The van der Waals surface area contributed by atoms with Gasteiger partial charge in [0.25, 0.3) is 0 Å². The minimum Gasteiger partial charge on any atom is -0.480 e. The second kappa shape index (κ2) is 5.68. The molecule has 0 aromatic heterocycles. The number of nitrogens with zero attached hydrogens (tertiary/aromatic N) is 1. The Kier molecular flexibility index (Phi) is 3.98. The molecule has 1 aliphatic heterocycles. The summed E-state index contributed by atoms with van der Waals surface area (Å²) in [6, 6.07) is 10.5. The molecule has 1 aromatic rings. The topological polar surface area (TPSA) is 52.6 Å². The maximum absolute atomic E-state index is 10.5. The van der Waals surface area contributed by atoms with Crippen LogP contribution in [0, 0.1) is 0 Å². The van der Waals surface area contributed by atoms with Crippen LogP contribution in [0.3, 0.4) is 0 Å². The number of carboxylic acids is 1. The number of carbonyl (C=O) groups is 1. The molecule has 0 saturated carbocycles. The zero-order valence-electron chi connectivity index (χ0n) is 9.80. The van der Waals surface area contributed by atoms with Crippen LogP contribution in [-0.4, -0.2) is 36.8 Å². The molecule has 0 aliphatic carbocycles. The fourth-order valence-electron chi connectivity index (χ4n) is 2.25. The Hall–Kier alpha value is -1.55. The second-order valence-corrected chi connectivity index (χ2v) is 4.40. The Morgan fingerprint density at radius 2 is 2.18 bits per heavy atom. The summed E-state index contributed by atoms with van der Waals surface area (Å²) in [4.78, 5) is 12.8. The van der Waals surface area contributed by atoms with Gasteiger partial charge in [0.05, 0.1) is 6.54 Å². The number of anilines is 1. The largest absolute Gasteiger partial charge is 0.480 e. The Morgan fingerprint density at radius 3 is 2.88 bits per heavy atom. The van der Waals surface area contributed by atoms with E-state index in [1.54, 1.807) is 0 Å². The first-order valence-electron chi connectivity index (χ1n) is 6.01. The summed E-state index contributed by atoms with van der Waals surface area (Å²) < 4.78 is 0. The van der Waals surface area contributed by atoms with E-state index in [1.807, 2.05) is 18.2 Å². The smallest absolute Gasteiger partial charge is 0.317 e. The van der Waals surface area contributed by atoms with Gasteiger partial charge in [-0.25, -0.2) is 0 Å². The van der Waals surface area contributed by atoms with Crippen LogP contribution in [0.1, 0.15) is 12.8 Å². The lowest BCUT2D eigenvalue weighted by molar-refractivity contribution is -0.136. The highest BCUT2D eigenvalue weighted by molar-refractivity contribution is 5.69. The van der Waals surface area contributed by atoms with Gasteiger partial charge in [-0.3, -0.25) is 4.79 Å². The number of aliphatic carboxylic acids is 1. The van der Waals surface area contributed by atoms with E-state index in [2.05, 4.69) is 22.3 Å². The molecule has 2 rings (SSSR count). The Balaban J connectivity index is 1.91. The SMILES string of the molecule is O=C(O)CNC1CCCN(c2ccccc2)C1. The summed E-state index contributed by atoms with van der Waals surface area (Å²) in [7, 11) is 0. The van der Waals surface area contributed by atoms with Gasteiger partial charge in [-0.2, -0.15) is 0 Å². The van der Waals surface area contributed by atoms with Crippen molar-refractivity contribution in [3.63, 3.8) is 0 Å². The molecule has 0 spiro atoms. The summed E-state index contributed by atoms with van der Waals surface area (Å²) in [5, 5.41) is 11.7. The van der Waals surface area contributed by atoms with Gasteiger partial charge < -0.3 is 15.3 Å². The first kappa shape index (κ1) is 11.9. The number of piperidine rings is 1. The Bertz CT molecular complexity index is 367. The third-order valence-corrected chi connectivity index (χ3v) is 3.08. The van der Waals surface area contributed by atoms with Crippen molar-refractivity contribution in [1.82, 2.24) is 5.32 Å². The molecule has 2 N–H and O–H groups in total. The van der Waals surface area contributed by atoms with Crippen LogP contribution >= 0.6 is 0 Å². The van der Waals surface area contributed by atoms with Crippen molar-refractivity contribution in [3.8, 4) is 0 Å². The quantitative estimate of drug-likeness (QED) is 0.825. The molecule has 1 atom stereocenters. The number of hydrogen-bond donors (Lipinski definition) is 2. The highest BCUT2D eigenvalue weighted by Gasteiger charge is 2.19. The lowest BCUT2D eigenvalue weighted by Gasteiger charge is -2.34. The van der Waals surface area contributed by atoms with E-state index < -0.39 is 5.97 Å². The molecule has 1 fully saturated rings. The molecule has 1 aromatic carbocycles. The summed E-state index contributed by atoms with van der Waals surface area (Å²) >= 11 is 0. The third kappa shape index (κ3) is 3.46. The molecule has 0 amide bonds. The van der Waals surface area contributed by atoms with Crippen molar-refractivity contribution in [2.75, 3.05) is 24.5 Å². The second-order valence-electron chi connectivity index (χ2n) is 4.40. The average molecular weight is 234 g/mol. The Labute approximate surface area is 101 Å². The minimum atomic E-state index is -0.790. The number of carboxylic acid groups (broad SMARTS) is 1. The van der Waals surface area contributed by atoms with Crippen LogP contribution in [0.4, 0.5) is 5.69 Å². The number of nitrogens with one attached hydrogen (secondary N) is 1. The standard InChI is InChI=1S/C13H18N2O2/c16-13(17)9-14-11-5-4-8-15(10-11)12-6-2-1-3-7-12/h1-3,6-7,11,14H,4-5,8-10H2,(H,16,17). The molecule has 4 heteroatoms. The summed E-state index contributed by atoms with van der Waals surface area (Å²) in [5.74, 6) is -0.790. The highest BCUT2D eigenvalue weighted by atomic mass is 16.4. The van der Waals surface area contributed by atoms with E-state index in [1.165, 1.54) is 5.69 Å². The van der Waals surface area contributed by atoms with Crippen LogP contribution in [0.25, 0.3) is 0 Å². The van der Waals surface area contributed by atoms with Crippen LogP contribution in [0.2, 0.25) is 0 Å². The van der Waals surface area contributed by atoms with Gasteiger partial charge in [0.15, 0.2) is 0 Å². The van der Waals surface area contributed by atoms with Gasteiger partial charge >= 0.3 is 5.97 Å². The lowest BCUT2D eigenvalue weighted by atomic mass is 10.0. The molecule has 4 nitrogen and oxygen atoms in total. The molecule has 1 unspecified atom stereocenters. The summed E-state index contributed by atoms with van der Waals surface area (Å²) in [6.07, 6.45) is 2.16. The number of benzene rings is 1. The number of hydrogen-bond acceptors (Lipinski definition) is 3. The van der Waals surface area contributed by atoms with Gasteiger partial charge in [-0.15, -0.1) is 0 Å². The van der Waals surface area contributed by atoms with E-state index in [0.29, 0.717) is 0 Å². The molecule has 17 heavy (non-hydrogen) atoms. The molecular weight excluding hydrogens is 216 g/mol. The van der Waals surface area contributed by atoms with E-state index in [4.69, 9.17) is 5.11 Å². The van der Waals surface area contributed by atoms with E-state index >= 15 is 0 Å². The monoisotopic (exact) mass is 234 g/mol. The van der Waals surface area contributed by atoms with E-state index in [9.17, 15) is 4.79 Å². The molecule has 1 saturated heterocycles. The van der Waals surface area contributed by atoms with E-state index in [0.717, 1.165) is 25.9 Å². The molecule has 0 bridgehead atoms. The van der Waals surface area contributed by atoms with Crippen molar-refractivity contribution in [2.45, 2.75) is 18.9 Å². The van der Waals surface area contributed by atoms with Crippen LogP contribution in [0.5, 0.6) is 0 Å². The van der Waals surface area contributed by atoms with Gasteiger partial charge in [0.1, 0.15) is 0 Å². The van der Waals surface area contributed by atoms with Gasteiger partial charge in [-0.1, -0.05) is 18.2 Å². The average Bonchev–Trinajstić information content (AvgIpc) is 2.38. The third-order valence-electron chi connectivity index (χ3n) is 3.08. The van der Waals surface area contributed by atoms with Gasteiger partial charge in [-0.05, 0) is 25.0 Å². The Morgan fingerprint density at radius 1 is 1.41 bits per heavy atom. The van der Waals surface area contributed by atoms with Crippen LogP contribution in [0.15, 0.2) is 30.3 Å². The molecule has 1 aliphatic rings. The molecule has 1 heterocycles. The predicted molar refractivity (Wildman–Crippen MR) is 67.3 cm³/mol. The normalized spacial score (nSPS) is 20.2. The van der Waals surface area contributed by atoms with Crippen LogP contribution < -0.4 is 10.2 Å². The van der Waals surface area contributed by atoms with Crippen molar-refractivity contribution in [2.24, 2.45) is 0 Å².